The van der Waals surface area contributed by atoms with Crippen LogP contribution in [0.15, 0.2) is 35.0 Å². The minimum Gasteiger partial charge on any atom is -0.378 e. The molecule has 2 heterocycles. The Balaban J connectivity index is 1.85. The summed E-state index contributed by atoms with van der Waals surface area (Å²) in [6, 6.07) is 8.11. The number of anilines is 1. The summed E-state index contributed by atoms with van der Waals surface area (Å²) in [4.78, 5) is 20.5. The van der Waals surface area contributed by atoms with Crippen molar-refractivity contribution >= 4 is 34.6 Å². The molecule has 1 aromatic carbocycles. The number of amidine groups is 1. The number of thioether (sulfide) groups is 1. The molecule has 0 N–H and O–H groups in total. The summed E-state index contributed by atoms with van der Waals surface area (Å²) < 4.78 is 0. The molecule has 0 aromatic heterocycles. The monoisotopic (exact) mass is 287 g/mol. The minimum atomic E-state index is 0.0314. The summed E-state index contributed by atoms with van der Waals surface area (Å²) >= 11 is 1.67. The van der Waals surface area contributed by atoms with Crippen LogP contribution < -0.4 is 4.90 Å². The van der Waals surface area contributed by atoms with Crippen LogP contribution in [0.4, 0.5) is 5.69 Å². The number of fused-ring (bicyclic) bond motifs is 1. The van der Waals surface area contributed by atoms with E-state index in [-0.39, 0.29) is 5.91 Å². The molecular weight excluding hydrogens is 270 g/mol. The fourth-order valence-electron chi connectivity index (χ4n) is 2.25. The van der Waals surface area contributed by atoms with Gasteiger partial charge >= 0.3 is 0 Å². The van der Waals surface area contributed by atoms with E-state index in [4.69, 9.17) is 0 Å². The van der Waals surface area contributed by atoms with Gasteiger partial charge in [-0.15, -0.1) is 0 Å². The van der Waals surface area contributed by atoms with Crippen LogP contribution in [0.25, 0.3) is 6.08 Å². The highest BCUT2D eigenvalue weighted by molar-refractivity contribution is 8.13. The lowest BCUT2D eigenvalue weighted by Crippen LogP contribution is -2.34. The Morgan fingerprint density at radius 3 is 2.70 bits per heavy atom. The van der Waals surface area contributed by atoms with Gasteiger partial charge in [-0.1, -0.05) is 23.9 Å². The van der Waals surface area contributed by atoms with Gasteiger partial charge in [0.05, 0.1) is 0 Å². The summed E-state index contributed by atoms with van der Waals surface area (Å²) in [6.45, 7) is 0.793. The van der Waals surface area contributed by atoms with Crippen molar-refractivity contribution in [3.63, 3.8) is 0 Å². The first-order valence-corrected chi connectivity index (χ1v) is 7.66. The number of amides is 1. The lowest BCUT2D eigenvalue weighted by Gasteiger charge is -2.21. The maximum absolute atomic E-state index is 12.2. The van der Waals surface area contributed by atoms with E-state index in [9.17, 15) is 4.79 Å². The number of hydrogen-bond acceptors (Lipinski definition) is 4. The van der Waals surface area contributed by atoms with Gasteiger partial charge in [-0.3, -0.25) is 9.69 Å². The van der Waals surface area contributed by atoms with Gasteiger partial charge in [-0.25, -0.2) is 4.99 Å². The zero-order valence-corrected chi connectivity index (χ0v) is 12.5. The number of benzene rings is 1. The van der Waals surface area contributed by atoms with E-state index in [1.54, 1.807) is 16.7 Å². The zero-order valence-electron chi connectivity index (χ0n) is 11.7. The smallest absolute Gasteiger partial charge is 0.278 e. The number of nitrogens with zero attached hydrogens (tertiary/aromatic N) is 3. The molecule has 0 bridgehead atoms. The second-order valence-corrected chi connectivity index (χ2v) is 6.13. The third-order valence-corrected chi connectivity index (χ3v) is 4.44. The summed E-state index contributed by atoms with van der Waals surface area (Å²) in [7, 11) is 4.02. The minimum absolute atomic E-state index is 0.0314. The van der Waals surface area contributed by atoms with E-state index in [2.05, 4.69) is 9.89 Å². The molecule has 3 rings (SSSR count). The highest BCUT2D eigenvalue weighted by Gasteiger charge is 2.32. The number of rotatable bonds is 2. The van der Waals surface area contributed by atoms with Crippen LogP contribution >= 0.6 is 11.8 Å². The predicted molar refractivity (Wildman–Crippen MR) is 85.0 cm³/mol. The Labute approximate surface area is 123 Å². The van der Waals surface area contributed by atoms with Crippen LogP contribution in [0.5, 0.6) is 0 Å². The van der Waals surface area contributed by atoms with E-state index >= 15 is 0 Å². The topological polar surface area (TPSA) is 35.9 Å². The van der Waals surface area contributed by atoms with E-state index in [0.29, 0.717) is 5.70 Å². The van der Waals surface area contributed by atoms with Crippen LogP contribution in [0.3, 0.4) is 0 Å². The van der Waals surface area contributed by atoms with Crippen LogP contribution in [-0.4, -0.2) is 42.4 Å². The Kier molecular flexibility index (Phi) is 3.53. The number of carbonyl (C=O) groups excluding carboxylic acids is 1. The molecule has 0 radical (unpaired) electrons. The molecule has 1 amide bonds. The molecule has 2 aliphatic rings. The summed E-state index contributed by atoms with van der Waals surface area (Å²) in [5, 5.41) is 0.859. The van der Waals surface area contributed by atoms with Gasteiger partial charge < -0.3 is 4.90 Å². The maximum Gasteiger partial charge on any atom is 0.278 e. The predicted octanol–water partition coefficient (Wildman–Crippen LogP) is 2.43. The van der Waals surface area contributed by atoms with Gasteiger partial charge in [0.25, 0.3) is 5.91 Å². The SMILES string of the molecule is CN(C)c1ccc(/C=C2\N=C3SCCCN3C2=O)cc1. The molecule has 5 heteroatoms. The van der Waals surface area contributed by atoms with Gasteiger partial charge in [0.2, 0.25) is 0 Å². The van der Waals surface area contributed by atoms with E-state index < -0.39 is 0 Å². The Bertz CT molecular complexity index is 590. The molecule has 0 saturated carbocycles. The van der Waals surface area contributed by atoms with Crippen LogP contribution in [0.2, 0.25) is 0 Å². The zero-order chi connectivity index (χ0) is 14.1. The number of hydrogen-bond donors (Lipinski definition) is 0. The van der Waals surface area contributed by atoms with Crippen molar-refractivity contribution in [1.82, 2.24) is 4.90 Å². The standard InChI is InChI=1S/C15H17N3OS/c1-17(2)12-6-4-11(5-7-12)10-13-14(19)18-8-3-9-20-15(18)16-13/h4-7,10H,3,8-9H2,1-2H3/b13-10-. The third kappa shape index (κ3) is 2.45. The fraction of sp³-hybridized carbons (Fsp3) is 0.333. The van der Waals surface area contributed by atoms with E-state index in [0.717, 1.165) is 35.1 Å². The molecule has 1 fully saturated rings. The Hall–Kier alpha value is -1.75. The van der Waals surface area contributed by atoms with Crippen molar-refractivity contribution in [1.29, 1.82) is 0 Å². The van der Waals surface area contributed by atoms with Gasteiger partial charge in [0, 0.05) is 32.1 Å². The lowest BCUT2D eigenvalue weighted by atomic mass is 10.1. The molecule has 1 aromatic rings. The first kappa shape index (κ1) is 13.2. The molecule has 1 saturated heterocycles. The molecule has 0 spiro atoms. The largest absolute Gasteiger partial charge is 0.378 e. The fourth-order valence-corrected chi connectivity index (χ4v) is 3.20. The van der Waals surface area contributed by atoms with Crippen molar-refractivity contribution in [2.45, 2.75) is 6.42 Å². The van der Waals surface area contributed by atoms with Crippen LogP contribution in [-0.2, 0) is 4.79 Å². The van der Waals surface area contributed by atoms with Gasteiger partial charge in [-0.2, -0.15) is 0 Å². The highest BCUT2D eigenvalue weighted by atomic mass is 32.2. The average molecular weight is 287 g/mol. The Morgan fingerprint density at radius 1 is 1.30 bits per heavy atom. The van der Waals surface area contributed by atoms with Gasteiger partial charge in [0.15, 0.2) is 5.17 Å². The molecule has 0 unspecified atom stereocenters. The Morgan fingerprint density at radius 2 is 2.05 bits per heavy atom. The normalized spacial score (nSPS) is 20.1. The lowest BCUT2D eigenvalue weighted by molar-refractivity contribution is -0.122. The molecule has 4 nitrogen and oxygen atoms in total. The first-order valence-electron chi connectivity index (χ1n) is 6.67. The maximum atomic E-state index is 12.2. The number of aliphatic imine (C=N–C) groups is 1. The molecule has 20 heavy (non-hydrogen) atoms. The second kappa shape index (κ2) is 5.32. The second-order valence-electron chi connectivity index (χ2n) is 5.07. The van der Waals surface area contributed by atoms with Crippen molar-refractivity contribution in [2.75, 3.05) is 31.3 Å². The van der Waals surface area contributed by atoms with Crippen LogP contribution in [0, 0.1) is 0 Å². The van der Waals surface area contributed by atoms with Gasteiger partial charge in [0.1, 0.15) is 5.70 Å². The van der Waals surface area contributed by atoms with Crippen LogP contribution in [0.1, 0.15) is 12.0 Å². The van der Waals surface area contributed by atoms with Crippen molar-refractivity contribution in [2.24, 2.45) is 4.99 Å². The quantitative estimate of drug-likeness (QED) is 0.784. The third-order valence-electron chi connectivity index (χ3n) is 3.38. The molecule has 0 atom stereocenters. The average Bonchev–Trinajstić information content (AvgIpc) is 2.77. The van der Waals surface area contributed by atoms with Crippen molar-refractivity contribution in [3.05, 3.63) is 35.5 Å². The molecule has 2 aliphatic heterocycles. The van der Waals surface area contributed by atoms with E-state index in [1.807, 2.05) is 44.4 Å². The molecular formula is C15H17N3OS. The highest BCUT2D eigenvalue weighted by Crippen LogP contribution is 2.28. The van der Waals surface area contributed by atoms with Gasteiger partial charge in [-0.05, 0) is 30.2 Å². The molecule has 104 valence electrons. The molecule has 0 aliphatic carbocycles. The number of carbonyl (C=O) groups is 1. The summed E-state index contributed by atoms with van der Waals surface area (Å²) in [5.41, 5.74) is 2.70. The van der Waals surface area contributed by atoms with Crippen molar-refractivity contribution < 1.29 is 4.79 Å². The first-order chi connectivity index (χ1) is 9.65. The van der Waals surface area contributed by atoms with E-state index in [1.165, 1.54) is 0 Å². The summed E-state index contributed by atoms with van der Waals surface area (Å²) in [6.07, 6.45) is 2.91. The summed E-state index contributed by atoms with van der Waals surface area (Å²) in [5.74, 6) is 1.08. The van der Waals surface area contributed by atoms with Crippen molar-refractivity contribution in [3.8, 4) is 0 Å².